The van der Waals surface area contributed by atoms with Crippen molar-refractivity contribution in [1.29, 1.82) is 0 Å². The number of benzene rings is 1. The summed E-state index contributed by atoms with van der Waals surface area (Å²) in [7, 11) is -3.80. The van der Waals surface area contributed by atoms with Gasteiger partial charge in [-0.25, -0.2) is 8.42 Å². The molecule has 1 heterocycles. The van der Waals surface area contributed by atoms with Gasteiger partial charge in [0.25, 0.3) is 10.0 Å². The Balaban J connectivity index is 2.29. The molecule has 0 bridgehead atoms. The molecule has 24 heavy (non-hydrogen) atoms. The molecule has 3 N–H and O–H groups in total. The summed E-state index contributed by atoms with van der Waals surface area (Å²) in [5.74, 6) is 0.218. The SMILES string of the molecule is C=C(NC(C)C)NS(=O)(=O)c1cnccc1Nc1cccc(C)c1. The van der Waals surface area contributed by atoms with Gasteiger partial charge in [0.15, 0.2) is 0 Å². The minimum atomic E-state index is -3.80. The second-order valence-electron chi connectivity index (χ2n) is 5.75. The number of nitrogens with zero attached hydrogens (tertiary/aromatic N) is 1. The van der Waals surface area contributed by atoms with Gasteiger partial charge in [-0.3, -0.25) is 9.71 Å². The van der Waals surface area contributed by atoms with E-state index in [9.17, 15) is 8.42 Å². The van der Waals surface area contributed by atoms with Crippen molar-refractivity contribution >= 4 is 21.4 Å². The molecule has 0 atom stereocenters. The van der Waals surface area contributed by atoms with Crippen molar-refractivity contribution in [2.24, 2.45) is 0 Å². The van der Waals surface area contributed by atoms with E-state index in [2.05, 4.69) is 26.9 Å². The largest absolute Gasteiger partial charge is 0.369 e. The molecule has 6 nitrogen and oxygen atoms in total. The highest BCUT2D eigenvalue weighted by atomic mass is 32.2. The minimum Gasteiger partial charge on any atom is -0.369 e. The minimum absolute atomic E-state index is 0.0539. The van der Waals surface area contributed by atoms with Crippen molar-refractivity contribution in [1.82, 2.24) is 15.0 Å². The first-order valence-electron chi connectivity index (χ1n) is 7.54. The molecule has 0 radical (unpaired) electrons. The Kier molecular flexibility index (Phi) is 5.46. The van der Waals surface area contributed by atoms with Crippen LogP contribution in [0.15, 0.2) is 60.0 Å². The molecule has 2 rings (SSSR count). The third-order valence-electron chi connectivity index (χ3n) is 3.09. The highest BCUT2D eigenvalue weighted by Crippen LogP contribution is 2.24. The average molecular weight is 346 g/mol. The molecule has 0 saturated heterocycles. The predicted molar refractivity (Wildman–Crippen MR) is 96.4 cm³/mol. The van der Waals surface area contributed by atoms with Gasteiger partial charge in [-0.2, -0.15) is 0 Å². The monoisotopic (exact) mass is 346 g/mol. The molecule has 0 amide bonds. The lowest BCUT2D eigenvalue weighted by Gasteiger charge is -2.17. The van der Waals surface area contributed by atoms with Crippen LogP contribution in [0.4, 0.5) is 11.4 Å². The van der Waals surface area contributed by atoms with Crippen molar-refractivity contribution in [3.8, 4) is 0 Å². The second kappa shape index (κ2) is 7.35. The zero-order chi connectivity index (χ0) is 17.7. The van der Waals surface area contributed by atoms with E-state index in [0.717, 1.165) is 11.3 Å². The number of nitrogens with one attached hydrogen (secondary N) is 3. The molecule has 0 unspecified atom stereocenters. The smallest absolute Gasteiger partial charge is 0.266 e. The van der Waals surface area contributed by atoms with Crippen LogP contribution in [0.1, 0.15) is 19.4 Å². The van der Waals surface area contributed by atoms with Crippen LogP contribution in [-0.2, 0) is 10.0 Å². The normalized spacial score (nSPS) is 11.2. The summed E-state index contributed by atoms with van der Waals surface area (Å²) in [5.41, 5.74) is 2.32. The summed E-state index contributed by atoms with van der Waals surface area (Å²) in [5, 5.41) is 6.04. The Bertz CT molecular complexity index is 832. The topological polar surface area (TPSA) is 83.1 Å². The summed E-state index contributed by atoms with van der Waals surface area (Å²) in [6.07, 6.45) is 2.85. The summed E-state index contributed by atoms with van der Waals surface area (Å²) in [6.45, 7) is 9.45. The van der Waals surface area contributed by atoms with Crippen LogP contribution >= 0.6 is 0 Å². The molecule has 1 aromatic heterocycles. The molecular formula is C17H22N4O2S. The van der Waals surface area contributed by atoms with Crippen LogP contribution in [0.3, 0.4) is 0 Å². The van der Waals surface area contributed by atoms with Crippen LogP contribution in [0.25, 0.3) is 0 Å². The average Bonchev–Trinajstić information content (AvgIpc) is 2.46. The summed E-state index contributed by atoms with van der Waals surface area (Å²) in [4.78, 5) is 3.98. The van der Waals surface area contributed by atoms with E-state index < -0.39 is 10.0 Å². The lowest BCUT2D eigenvalue weighted by Crippen LogP contribution is -2.34. The number of rotatable bonds is 7. The maximum Gasteiger partial charge on any atom is 0.266 e. The molecule has 0 aliphatic heterocycles. The molecule has 128 valence electrons. The Hall–Kier alpha value is -2.54. The molecule has 0 fully saturated rings. The molecular weight excluding hydrogens is 324 g/mol. The fourth-order valence-corrected chi connectivity index (χ4v) is 3.27. The highest BCUT2D eigenvalue weighted by molar-refractivity contribution is 7.89. The van der Waals surface area contributed by atoms with Gasteiger partial charge in [-0.15, -0.1) is 0 Å². The number of hydrogen-bond donors (Lipinski definition) is 3. The number of sulfonamides is 1. The van der Waals surface area contributed by atoms with Crippen LogP contribution < -0.4 is 15.4 Å². The maximum absolute atomic E-state index is 12.6. The number of hydrogen-bond acceptors (Lipinski definition) is 5. The fourth-order valence-electron chi connectivity index (χ4n) is 2.17. The predicted octanol–water partition coefficient (Wildman–Crippen LogP) is 2.88. The molecule has 0 saturated carbocycles. The van der Waals surface area contributed by atoms with Gasteiger partial charge in [0, 0.05) is 24.1 Å². The van der Waals surface area contributed by atoms with Crippen LogP contribution in [0.5, 0.6) is 0 Å². The van der Waals surface area contributed by atoms with Gasteiger partial charge in [0.05, 0.1) is 5.69 Å². The standard InChI is InChI=1S/C17H22N4O2S/c1-12(2)19-14(4)21-24(22,23)17-11-18-9-8-16(17)20-15-7-5-6-13(3)10-15/h5-12,19,21H,4H2,1-3H3,(H,18,20). The van der Waals surface area contributed by atoms with Crippen LogP contribution in [0.2, 0.25) is 0 Å². The van der Waals surface area contributed by atoms with Gasteiger partial charge < -0.3 is 10.6 Å². The Morgan fingerprint density at radius 1 is 1.25 bits per heavy atom. The summed E-state index contributed by atoms with van der Waals surface area (Å²) in [6, 6.07) is 9.37. The molecule has 2 aromatic rings. The maximum atomic E-state index is 12.6. The van der Waals surface area contributed by atoms with E-state index in [4.69, 9.17) is 0 Å². The van der Waals surface area contributed by atoms with Gasteiger partial charge in [0.1, 0.15) is 10.7 Å². The molecule has 1 aromatic carbocycles. The van der Waals surface area contributed by atoms with Crippen molar-refractivity contribution in [3.63, 3.8) is 0 Å². The molecule has 0 aliphatic carbocycles. The Morgan fingerprint density at radius 2 is 2.00 bits per heavy atom. The lowest BCUT2D eigenvalue weighted by atomic mass is 10.2. The number of aryl methyl sites for hydroxylation is 1. The van der Waals surface area contributed by atoms with Crippen molar-refractivity contribution in [3.05, 3.63) is 60.7 Å². The first-order chi connectivity index (χ1) is 11.3. The van der Waals surface area contributed by atoms with Crippen LogP contribution in [-0.4, -0.2) is 19.4 Å². The molecule has 0 spiro atoms. The third-order valence-corrected chi connectivity index (χ3v) is 4.51. The van der Waals surface area contributed by atoms with Crippen molar-refractivity contribution < 1.29 is 8.42 Å². The van der Waals surface area contributed by atoms with Gasteiger partial charge >= 0.3 is 0 Å². The Morgan fingerprint density at radius 3 is 2.67 bits per heavy atom. The first kappa shape index (κ1) is 17.8. The van der Waals surface area contributed by atoms with E-state index in [0.29, 0.717) is 5.69 Å². The van der Waals surface area contributed by atoms with Crippen LogP contribution in [0, 0.1) is 6.92 Å². The molecule has 0 aliphatic rings. The van der Waals surface area contributed by atoms with Crippen molar-refractivity contribution in [2.45, 2.75) is 31.7 Å². The van der Waals surface area contributed by atoms with Gasteiger partial charge in [-0.1, -0.05) is 18.7 Å². The second-order valence-corrected chi connectivity index (χ2v) is 7.40. The highest BCUT2D eigenvalue weighted by Gasteiger charge is 2.20. The zero-order valence-corrected chi connectivity index (χ0v) is 14.8. The van der Waals surface area contributed by atoms with Gasteiger partial charge in [0.2, 0.25) is 0 Å². The zero-order valence-electron chi connectivity index (χ0n) is 14.0. The Labute approximate surface area is 143 Å². The van der Waals surface area contributed by atoms with E-state index in [-0.39, 0.29) is 16.8 Å². The van der Waals surface area contributed by atoms with Crippen molar-refractivity contribution in [2.75, 3.05) is 5.32 Å². The first-order valence-corrected chi connectivity index (χ1v) is 9.02. The van der Waals surface area contributed by atoms with E-state index >= 15 is 0 Å². The van der Waals surface area contributed by atoms with E-state index in [1.807, 2.05) is 45.0 Å². The number of aromatic nitrogens is 1. The summed E-state index contributed by atoms with van der Waals surface area (Å²) < 4.78 is 27.6. The van der Waals surface area contributed by atoms with E-state index in [1.54, 1.807) is 12.3 Å². The fraction of sp³-hybridized carbons (Fsp3) is 0.235. The third kappa shape index (κ3) is 4.73. The van der Waals surface area contributed by atoms with E-state index in [1.165, 1.54) is 6.20 Å². The number of anilines is 2. The lowest BCUT2D eigenvalue weighted by molar-refractivity contribution is 0.578. The quantitative estimate of drug-likeness (QED) is 0.718. The number of pyridine rings is 1. The van der Waals surface area contributed by atoms with Gasteiger partial charge in [-0.05, 0) is 44.5 Å². The summed E-state index contributed by atoms with van der Waals surface area (Å²) >= 11 is 0. The molecule has 7 heteroatoms.